The molecule has 0 atom stereocenters. The summed E-state index contributed by atoms with van der Waals surface area (Å²) in [5.41, 5.74) is 5.60. The predicted molar refractivity (Wildman–Crippen MR) is 64.9 cm³/mol. The maximum absolute atomic E-state index is 13.2. The highest BCUT2D eigenvalue weighted by atomic mass is 32.2. The van der Waals surface area contributed by atoms with E-state index in [9.17, 15) is 4.39 Å². The van der Waals surface area contributed by atoms with Gasteiger partial charge in [-0.25, -0.2) is 4.39 Å². The highest BCUT2D eigenvalue weighted by molar-refractivity contribution is 7.99. The lowest BCUT2D eigenvalue weighted by atomic mass is 10.1. The van der Waals surface area contributed by atoms with Crippen LogP contribution in [0.2, 0.25) is 0 Å². The average Bonchev–Trinajstić information content (AvgIpc) is 2.16. The maximum atomic E-state index is 13.2. The van der Waals surface area contributed by atoms with E-state index >= 15 is 0 Å². The van der Waals surface area contributed by atoms with Crippen LogP contribution in [0, 0.1) is 0 Å². The Morgan fingerprint density at radius 2 is 2.13 bits per heavy atom. The van der Waals surface area contributed by atoms with E-state index in [4.69, 9.17) is 5.73 Å². The molecule has 0 radical (unpaired) electrons. The van der Waals surface area contributed by atoms with Crippen molar-refractivity contribution in [2.24, 2.45) is 5.73 Å². The molecule has 0 fully saturated rings. The zero-order valence-electron chi connectivity index (χ0n) is 9.29. The maximum Gasteiger partial charge on any atom is 0.106 e. The zero-order chi connectivity index (χ0) is 11.3. The Labute approximate surface area is 95.2 Å². The lowest BCUT2D eigenvalue weighted by Gasteiger charge is -2.13. The van der Waals surface area contributed by atoms with Gasteiger partial charge in [-0.1, -0.05) is 12.1 Å². The van der Waals surface area contributed by atoms with E-state index in [1.165, 1.54) is 4.90 Å². The van der Waals surface area contributed by atoms with E-state index in [0.29, 0.717) is 13.0 Å². The SMILES string of the molecule is CC(C)(F)CCSc1cccc(CN)c1. The Kier molecular flexibility index (Phi) is 4.61. The summed E-state index contributed by atoms with van der Waals surface area (Å²) in [6.45, 7) is 3.79. The van der Waals surface area contributed by atoms with Gasteiger partial charge < -0.3 is 5.73 Å². The van der Waals surface area contributed by atoms with Crippen molar-refractivity contribution in [3.63, 3.8) is 0 Å². The summed E-state index contributed by atoms with van der Waals surface area (Å²) in [6.07, 6.45) is 0.574. The third kappa shape index (κ3) is 5.19. The van der Waals surface area contributed by atoms with Crippen LogP contribution in [-0.2, 0) is 6.54 Å². The van der Waals surface area contributed by atoms with Gasteiger partial charge >= 0.3 is 0 Å². The molecule has 0 saturated heterocycles. The first-order valence-electron chi connectivity index (χ1n) is 5.12. The van der Waals surface area contributed by atoms with Crippen molar-refractivity contribution in [3.05, 3.63) is 29.8 Å². The summed E-state index contributed by atoms with van der Waals surface area (Å²) in [6, 6.07) is 8.10. The smallest absolute Gasteiger partial charge is 0.106 e. The summed E-state index contributed by atoms with van der Waals surface area (Å²) < 4.78 is 13.2. The lowest BCUT2D eigenvalue weighted by Crippen LogP contribution is -2.12. The highest BCUT2D eigenvalue weighted by Crippen LogP contribution is 2.24. The molecule has 0 aromatic heterocycles. The first kappa shape index (κ1) is 12.5. The summed E-state index contributed by atoms with van der Waals surface area (Å²) in [5, 5.41) is 0. The Morgan fingerprint density at radius 3 is 2.73 bits per heavy atom. The van der Waals surface area contributed by atoms with E-state index in [1.807, 2.05) is 18.2 Å². The molecule has 3 heteroatoms. The first-order valence-corrected chi connectivity index (χ1v) is 6.10. The van der Waals surface area contributed by atoms with E-state index in [1.54, 1.807) is 25.6 Å². The number of alkyl halides is 1. The molecule has 0 saturated carbocycles. The first-order chi connectivity index (χ1) is 7.01. The van der Waals surface area contributed by atoms with Crippen molar-refractivity contribution in [3.8, 4) is 0 Å². The topological polar surface area (TPSA) is 26.0 Å². The zero-order valence-corrected chi connectivity index (χ0v) is 10.1. The molecule has 15 heavy (non-hydrogen) atoms. The Morgan fingerprint density at radius 1 is 1.40 bits per heavy atom. The minimum absolute atomic E-state index is 0.559. The van der Waals surface area contributed by atoms with Gasteiger partial charge in [-0.2, -0.15) is 0 Å². The number of benzene rings is 1. The van der Waals surface area contributed by atoms with Crippen molar-refractivity contribution >= 4 is 11.8 Å². The average molecular weight is 227 g/mol. The molecule has 0 heterocycles. The summed E-state index contributed by atoms with van der Waals surface area (Å²) in [4.78, 5) is 1.17. The van der Waals surface area contributed by atoms with E-state index < -0.39 is 5.67 Å². The number of hydrogen-bond acceptors (Lipinski definition) is 2. The van der Waals surface area contributed by atoms with E-state index in [2.05, 4.69) is 6.07 Å². The number of halogens is 1. The van der Waals surface area contributed by atoms with Crippen LogP contribution >= 0.6 is 11.8 Å². The molecular weight excluding hydrogens is 209 g/mol. The Bertz CT molecular complexity index is 307. The molecule has 0 unspecified atom stereocenters. The summed E-state index contributed by atoms with van der Waals surface area (Å²) >= 11 is 1.68. The van der Waals surface area contributed by atoms with Crippen molar-refractivity contribution in [2.45, 2.75) is 37.4 Å². The number of thioether (sulfide) groups is 1. The van der Waals surface area contributed by atoms with Crippen LogP contribution in [0.1, 0.15) is 25.8 Å². The quantitative estimate of drug-likeness (QED) is 0.780. The minimum Gasteiger partial charge on any atom is -0.326 e. The molecule has 1 rings (SSSR count). The molecule has 1 nitrogen and oxygen atoms in total. The van der Waals surface area contributed by atoms with Gasteiger partial charge in [0.2, 0.25) is 0 Å². The summed E-state index contributed by atoms with van der Waals surface area (Å²) in [5.74, 6) is 0.803. The van der Waals surface area contributed by atoms with Crippen molar-refractivity contribution < 1.29 is 4.39 Å². The molecular formula is C12H18FNS. The monoisotopic (exact) mass is 227 g/mol. The molecule has 0 aliphatic carbocycles. The second-order valence-corrected chi connectivity index (χ2v) is 5.34. The van der Waals surface area contributed by atoms with Crippen molar-refractivity contribution in [1.29, 1.82) is 0 Å². The minimum atomic E-state index is -1.07. The molecule has 0 bridgehead atoms. The third-order valence-electron chi connectivity index (χ3n) is 2.10. The molecule has 1 aromatic carbocycles. The van der Waals surface area contributed by atoms with Gasteiger partial charge in [-0.05, 0) is 38.0 Å². The van der Waals surface area contributed by atoms with Gasteiger partial charge in [0.25, 0.3) is 0 Å². The van der Waals surface area contributed by atoms with E-state index in [-0.39, 0.29) is 0 Å². The fourth-order valence-corrected chi connectivity index (χ4v) is 2.41. The van der Waals surface area contributed by atoms with Crippen LogP contribution in [0.15, 0.2) is 29.2 Å². The van der Waals surface area contributed by atoms with Gasteiger partial charge in [0, 0.05) is 17.2 Å². The normalized spacial score (nSPS) is 11.7. The van der Waals surface area contributed by atoms with Crippen LogP contribution in [-0.4, -0.2) is 11.4 Å². The van der Waals surface area contributed by atoms with Gasteiger partial charge in [0.05, 0.1) is 0 Å². The molecule has 2 N–H and O–H groups in total. The molecule has 0 spiro atoms. The Hall–Kier alpha value is -0.540. The van der Waals surface area contributed by atoms with E-state index in [0.717, 1.165) is 11.3 Å². The summed E-state index contributed by atoms with van der Waals surface area (Å²) in [7, 11) is 0. The molecule has 0 amide bonds. The largest absolute Gasteiger partial charge is 0.326 e. The van der Waals surface area contributed by atoms with Gasteiger partial charge in [-0.3, -0.25) is 0 Å². The second kappa shape index (κ2) is 5.52. The van der Waals surface area contributed by atoms with Gasteiger partial charge in [0.15, 0.2) is 0 Å². The fourth-order valence-electron chi connectivity index (χ4n) is 1.17. The van der Waals surface area contributed by atoms with Crippen LogP contribution in [0.25, 0.3) is 0 Å². The van der Waals surface area contributed by atoms with Crippen LogP contribution in [0.5, 0.6) is 0 Å². The van der Waals surface area contributed by atoms with Crippen LogP contribution in [0.3, 0.4) is 0 Å². The number of nitrogens with two attached hydrogens (primary N) is 1. The lowest BCUT2D eigenvalue weighted by molar-refractivity contribution is 0.212. The van der Waals surface area contributed by atoms with Gasteiger partial charge in [-0.15, -0.1) is 11.8 Å². The van der Waals surface area contributed by atoms with Crippen LogP contribution < -0.4 is 5.73 Å². The highest BCUT2D eigenvalue weighted by Gasteiger charge is 2.14. The van der Waals surface area contributed by atoms with Gasteiger partial charge in [0.1, 0.15) is 5.67 Å². The fraction of sp³-hybridized carbons (Fsp3) is 0.500. The number of rotatable bonds is 5. The molecule has 0 aliphatic rings. The number of hydrogen-bond donors (Lipinski definition) is 1. The molecule has 1 aromatic rings. The standard InChI is InChI=1S/C12H18FNS/c1-12(2,13)6-7-15-11-5-3-4-10(8-11)9-14/h3-5,8H,6-7,9,14H2,1-2H3. The second-order valence-electron chi connectivity index (χ2n) is 4.17. The molecule has 0 aliphatic heterocycles. The predicted octanol–water partition coefficient (Wildman–Crippen LogP) is 3.38. The third-order valence-corrected chi connectivity index (χ3v) is 3.09. The van der Waals surface area contributed by atoms with Crippen molar-refractivity contribution in [2.75, 3.05) is 5.75 Å². The molecule has 84 valence electrons. The van der Waals surface area contributed by atoms with Crippen LogP contribution in [0.4, 0.5) is 4.39 Å². The Balaban J connectivity index is 2.44. The van der Waals surface area contributed by atoms with Crippen molar-refractivity contribution in [1.82, 2.24) is 0 Å².